The fraction of sp³-hybridized carbons (Fsp3) is 0.125. The highest BCUT2D eigenvalue weighted by atomic mass is 79.9. The average Bonchev–Trinajstić information content (AvgIpc) is 2.09. The molecule has 0 spiro atoms. The maximum atomic E-state index is 10.3. The van der Waals surface area contributed by atoms with Crippen LogP contribution in [-0.2, 0) is 4.79 Å². The molecule has 0 fully saturated rings. The van der Waals surface area contributed by atoms with Gasteiger partial charge in [0.2, 0.25) is 6.41 Å². The number of methoxy groups -OCH3 is 1. The van der Waals surface area contributed by atoms with E-state index in [1.165, 1.54) is 0 Å². The van der Waals surface area contributed by atoms with Gasteiger partial charge in [0.15, 0.2) is 0 Å². The van der Waals surface area contributed by atoms with Crippen molar-refractivity contribution in [3.8, 4) is 5.75 Å². The van der Waals surface area contributed by atoms with Crippen LogP contribution in [0.1, 0.15) is 0 Å². The molecule has 0 aliphatic rings. The summed E-state index contributed by atoms with van der Waals surface area (Å²) in [5, 5.41) is 2.55. The number of rotatable bonds is 3. The molecule has 0 aliphatic carbocycles. The van der Waals surface area contributed by atoms with Crippen LogP contribution in [0, 0.1) is 0 Å². The van der Waals surface area contributed by atoms with Crippen molar-refractivity contribution >= 4 is 44.0 Å². The number of hydrogen-bond acceptors (Lipinski definition) is 2. The maximum absolute atomic E-state index is 10.3. The van der Waals surface area contributed by atoms with Crippen molar-refractivity contribution in [2.75, 3.05) is 12.4 Å². The minimum atomic E-state index is 0.605. The van der Waals surface area contributed by atoms with Gasteiger partial charge in [-0.3, -0.25) is 4.79 Å². The van der Waals surface area contributed by atoms with E-state index in [0.29, 0.717) is 17.8 Å². The molecule has 0 bridgehead atoms. The Hall–Kier alpha value is -0.550. The Bertz CT molecular complexity index is 328. The molecule has 5 heteroatoms. The van der Waals surface area contributed by atoms with E-state index >= 15 is 0 Å². The summed E-state index contributed by atoms with van der Waals surface area (Å²) < 4.78 is 6.73. The summed E-state index contributed by atoms with van der Waals surface area (Å²) in [4.78, 5) is 10.3. The lowest BCUT2D eigenvalue weighted by Gasteiger charge is -2.09. The first kappa shape index (κ1) is 10.5. The second-order valence-corrected chi connectivity index (χ2v) is 4.00. The molecule has 0 saturated carbocycles. The molecular weight excluding hydrogens is 302 g/mol. The largest absolute Gasteiger partial charge is 0.494 e. The van der Waals surface area contributed by atoms with E-state index in [0.717, 1.165) is 8.95 Å². The Morgan fingerprint density at radius 2 is 2.15 bits per heavy atom. The van der Waals surface area contributed by atoms with E-state index in [1.54, 1.807) is 13.2 Å². The normalized spacial score (nSPS) is 9.46. The van der Waals surface area contributed by atoms with Crippen LogP contribution < -0.4 is 10.1 Å². The van der Waals surface area contributed by atoms with Gasteiger partial charge >= 0.3 is 0 Å². The van der Waals surface area contributed by atoms with Crippen LogP contribution in [0.4, 0.5) is 5.69 Å². The summed E-state index contributed by atoms with van der Waals surface area (Å²) in [5.41, 5.74) is 0.626. The van der Waals surface area contributed by atoms with E-state index in [4.69, 9.17) is 4.74 Å². The van der Waals surface area contributed by atoms with Gasteiger partial charge < -0.3 is 10.1 Å². The molecule has 70 valence electrons. The number of halogens is 2. The molecule has 13 heavy (non-hydrogen) atoms. The quantitative estimate of drug-likeness (QED) is 0.872. The molecule has 0 aliphatic heterocycles. The summed E-state index contributed by atoms with van der Waals surface area (Å²) in [5.74, 6) is 0.605. The van der Waals surface area contributed by atoms with Gasteiger partial charge in [-0.05, 0) is 28.1 Å². The summed E-state index contributed by atoms with van der Waals surface area (Å²) in [7, 11) is 1.55. The monoisotopic (exact) mass is 307 g/mol. The number of carbonyl (C=O) groups is 1. The van der Waals surface area contributed by atoms with Crippen LogP contribution >= 0.6 is 31.9 Å². The molecule has 0 heterocycles. The smallest absolute Gasteiger partial charge is 0.211 e. The molecule has 1 rings (SSSR count). The summed E-state index contributed by atoms with van der Waals surface area (Å²) in [6.45, 7) is 0. The highest BCUT2D eigenvalue weighted by Gasteiger charge is 2.07. The SMILES string of the molecule is COc1cc(Br)cc(Br)c1NC=O. The van der Waals surface area contributed by atoms with Gasteiger partial charge in [-0.1, -0.05) is 15.9 Å². The third-order valence-electron chi connectivity index (χ3n) is 1.44. The second kappa shape index (κ2) is 4.62. The Morgan fingerprint density at radius 3 is 2.69 bits per heavy atom. The number of nitrogens with one attached hydrogen (secondary N) is 1. The van der Waals surface area contributed by atoms with Gasteiger partial charge in [-0.2, -0.15) is 0 Å². The molecule has 1 aromatic rings. The fourth-order valence-electron chi connectivity index (χ4n) is 0.910. The molecule has 1 amide bonds. The van der Waals surface area contributed by atoms with Crippen molar-refractivity contribution in [2.45, 2.75) is 0 Å². The van der Waals surface area contributed by atoms with Crippen molar-refractivity contribution in [1.82, 2.24) is 0 Å². The molecule has 0 atom stereocenters. The topological polar surface area (TPSA) is 38.3 Å². The molecule has 0 radical (unpaired) electrons. The Kier molecular flexibility index (Phi) is 3.74. The number of ether oxygens (including phenoxy) is 1. The van der Waals surface area contributed by atoms with Gasteiger partial charge in [0.25, 0.3) is 0 Å². The number of anilines is 1. The van der Waals surface area contributed by atoms with Gasteiger partial charge in [0.05, 0.1) is 12.8 Å². The van der Waals surface area contributed by atoms with E-state index in [9.17, 15) is 4.79 Å². The van der Waals surface area contributed by atoms with Crippen LogP contribution in [0.25, 0.3) is 0 Å². The molecule has 1 aromatic carbocycles. The zero-order chi connectivity index (χ0) is 9.84. The van der Waals surface area contributed by atoms with Crippen molar-refractivity contribution < 1.29 is 9.53 Å². The highest BCUT2D eigenvalue weighted by molar-refractivity contribution is 9.11. The lowest BCUT2D eigenvalue weighted by atomic mass is 10.3. The molecule has 0 saturated heterocycles. The van der Waals surface area contributed by atoms with E-state index in [1.807, 2.05) is 6.07 Å². The van der Waals surface area contributed by atoms with E-state index < -0.39 is 0 Å². The second-order valence-electron chi connectivity index (χ2n) is 2.23. The van der Waals surface area contributed by atoms with E-state index in [-0.39, 0.29) is 0 Å². The predicted molar refractivity (Wildman–Crippen MR) is 58.1 cm³/mol. The minimum absolute atomic E-state index is 0.605. The zero-order valence-corrected chi connectivity index (χ0v) is 9.98. The maximum Gasteiger partial charge on any atom is 0.211 e. The van der Waals surface area contributed by atoms with Crippen LogP contribution in [0.2, 0.25) is 0 Å². The van der Waals surface area contributed by atoms with Crippen molar-refractivity contribution in [1.29, 1.82) is 0 Å². The van der Waals surface area contributed by atoms with Crippen LogP contribution in [0.15, 0.2) is 21.1 Å². The average molecular weight is 309 g/mol. The summed E-state index contributed by atoms with van der Waals surface area (Å²) in [6, 6.07) is 3.60. The van der Waals surface area contributed by atoms with E-state index in [2.05, 4.69) is 37.2 Å². The van der Waals surface area contributed by atoms with Crippen LogP contribution in [0.3, 0.4) is 0 Å². The molecule has 1 N–H and O–H groups in total. The number of amides is 1. The fourth-order valence-corrected chi connectivity index (χ4v) is 2.21. The van der Waals surface area contributed by atoms with Gasteiger partial charge in [0.1, 0.15) is 5.75 Å². The van der Waals surface area contributed by atoms with Crippen LogP contribution in [-0.4, -0.2) is 13.5 Å². The molecule has 3 nitrogen and oxygen atoms in total. The van der Waals surface area contributed by atoms with Gasteiger partial charge in [-0.15, -0.1) is 0 Å². The standard InChI is InChI=1S/C8H7Br2NO2/c1-13-7-3-5(9)2-6(10)8(7)11-4-12/h2-4H,1H3,(H,11,12). The van der Waals surface area contributed by atoms with Crippen LogP contribution in [0.5, 0.6) is 5.75 Å². The first-order chi connectivity index (χ1) is 6.19. The van der Waals surface area contributed by atoms with Gasteiger partial charge in [-0.25, -0.2) is 0 Å². The van der Waals surface area contributed by atoms with Crippen molar-refractivity contribution in [2.24, 2.45) is 0 Å². The zero-order valence-electron chi connectivity index (χ0n) is 6.80. The Labute approximate surface area is 92.7 Å². The molecule has 0 aromatic heterocycles. The summed E-state index contributed by atoms with van der Waals surface area (Å²) in [6.07, 6.45) is 0.608. The van der Waals surface area contributed by atoms with Gasteiger partial charge in [0, 0.05) is 8.95 Å². The number of carbonyl (C=O) groups excluding carboxylic acids is 1. The first-order valence-corrected chi connectivity index (χ1v) is 5.01. The van der Waals surface area contributed by atoms with Crippen molar-refractivity contribution in [3.05, 3.63) is 21.1 Å². The number of hydrogen-bond donors (Lipinski definition) is 1. The highest BCUT2D eigenvalue weighted by Crippen LogP contribution is 2.35. The third kappa shape index (κ3) is 2.45. The first-order valence-electron chi connectivity index (χ1n) is 3.42. The molecule has 0 unspecified atom stereocenters. The summed E-state index contributed by atoms with van der Waals surface area (Å²) >= 11 is 6.62. The predicted octanol–water partition coefficient (Wildman–Crippen LogP) is 2.79. The third-order valence-corrected chi connectivity index (χ3v) is 2.53. The van der Waals surface area contributed by atoms with Crippen molar-refractivity contribution in [3.63, 3.8) is 0 Å². The lowest BCUT2D eigenvalue weighted by Crippen LogP contribution is -1.98. The number of benzene rings is 1. The Morgan fingerprint density at radius 1 is 1.46 bits per heavy atom. The lowest BCUT2D eigenvalue weighted by molar-refractivity contribution is -0.105. The Balaban J connectivity index is 3.20. The molecular formula is C8H7Br2NO2. The minimum Gasteiger partial charge on any atom is -0.494 e.